The van der Waals surface area contributed by atoms with Crippen LogP contribution in [-0.4, -0.2) is 45.2 Å². The molecule has 43 heavy (non-hydrogen) atoms. The molecule has 0 spiro atoms. The van der Waals surface area contributed by atoms with E-state index in [0.717, 1.165) is 11.1 Å². The largest absolute Gasteiger partial charge is 0.481 e. The van der Waals surface area contributed by atoms with Crippen molar-refractivity contribution in [2.75, 3.05) is 6.61 Å². The van der Waals surface area contributed by atoms with E-state index in [1.165, 1.54) is 16.9 Å². The lowest BCUT2D eigenvalue weighted by Crippen LogP contribution is -2.46. The van der Waals surface area contributed by atoms with Gasteiger partial charge in [0.1, 0.15) is 12.6 Å². The zero-order valence-corrected chi connectivity index (χ0v) is 23.9. The van der Waals surface area contributed by atoms with Crippen LogP contribution in [-0.2, 0) is 26.3 Å². The molecule has 3 aromatic rings. The van der Waals surface area contributed by atoms with Crippen molar-refractivity contribution in [2.24, 2.45) is 0 Å². The molecule has 1 amide bonds. The number of nitrogens with one attached hydrogen (secondary N) is 1. The number of hydrogen-bond donors (Lipinski definition) is 2. The number of carboxylic acid groups (broad SMARTS) is 1. The first-order chi connectivity index (χ1) is 20.1. The Morgan fingerprint density at radius 3 is 2.26 bits per heavy atom. The maximum atomic E-state index is 13.9. The number of Topliss-reactive ketones (excluding diaryl/α,β-unsaturated/α-hetero) is 1. The molecular weight excluding hydrogens is 574 g/mol. The van der Waals surface area contributed by atoms with Crippen LogP contribution in [0.4, 0.5) is 17.6 Å². The number of rotatable bonds is 12. The molecule has 2 N–H and O–H groups in total. The number of halogens is 4. The molecule has 0 aliphatic rings. The lowest BCUT2D eigenvalue weighted by molar-refractivity contribution is -0.140. The quantitative estimate of drug-likeness (QED) is 0.234. The van der Waals surface area contributed by atoms with Gasteiger partial charge < -0.3 is 15.2 Å². The van der Waals surface area contributed by atoms with Crippen molar-refractivity contribution in [3.8, 4) is 5.75 Å². The first-order valence-electron chi connectivity index (χ1n) is 13.3. The summed E-state index contributed by atoms with van der Waals surface area (Å²) in [5.74, 6) is -13.5. The lowest BCUT2D eigenvalue weighted by atomic mass is 9.84. The molecule has 1 heterocycles. The zero-order chi connectivity index (χ0) is 32.1. The van der Waals surface area contributed by atoms with Gasteiger partial charge in [0.15, 0.2) is 23.2 Å². The number of ether oxygens (including phenoxy) is 1. The fourth-order valence-electron chi connectivity index (χ4n) is 4.56. The fourth-order valence-corrected chi connectivity index (χ4v) is 4.56. The summed E-state index contributed by atoms with van der Waals surface area (Å²) in [6.45, 7) is 6.58. The van der Waals surface area contributed by atoms with E-state index in [1.54, 1.807) is 6.92 Å². The molecular formula is C30H31F4N3O6. The van der Waals surface area contributed by atoms with Crippen molar-refractivity contribution in [1.82, 2.24) is 15.1 Å². The van der Waals surface area contributed by atoms with Gasteiger partial charge in [-0.2, -0.15) is 13.9 Å². The van der Waals surface area contributed by atoms with Gasteiger partial charge >= 0.3 is 5.97 Å². The summed E-state index contributed by atoms with van der Waals surface area (Å²) in [5, 5.41) is 15.7. The molecule has 13 heteroatoms. The highest BCUT2D eigenvalue weighted by molar-refractivity contribution is 5.94. The summed E-state index contributed by atoms with van der Waals surface area (Å²) >= 11 is 0. The highest BCUT2D eigenvalue weighted by Crippen LogP contribution is 2.27. The predicted octanol–water partition coefficient (Wildman–Crippen LogP) is 4.25. The van der Waals surface area contributed by atoms with Gasteiger partial charge in [-0.15, -0.1) is 0 Å². The maximum absolute atomic E-state index is 13.9. The normalized spacial score (nSPS) is 12.8. The summed E-state index contributed by atoms with van der Waals surface area (Å²) in [6, 6.07) is 7.08. The van der Waals surface area contributed by atoms with E-state index in [2.05, 4.69) is 15.2 Å². The molecule has 0 saturated carbocycles. The Bertz CT molecular complexity index is 1560. The molecule has 1 aromatic heterocycles. The maximum Gasteiger partial charge on any atom is 0.305 e. The van der Waals surface area contributed by atoms with Gasteiger partial charge in [-0.05, 0) is 29.0 Å². The van der Waals surface area contributed by atoms with Crippen LogP contribution in [0.2, 0.25) is 0 Å². The van der Waals surface area contributed by atoms with Crippen molar-refractivity contribution in [3.05, 3.63) is 92.9 Å². The van der Waals surface area contributed by atoms with Crippen molar-refractivity contribution in [3.63, 3.8) is 0 Å². The third kappa shape index (κ3) is 7.85. The SMILES string of the molecule is CC[C@H](C(=O)N[C@@H](CC(=O)O)C(=O)COc1c(F)c(F)cc(F)c1F)c1ccnn(Cc2ccccc2C(C)(C)C)c1=O. The number of carbonyl (C=O) groups is 3. The Labute approximate surface area is 244 Å². The van der Waals surface area contributed by atoms with Crippen LogP contribution in [0.15, 0.2) is 47.4 Å². The summed E-state index contributed by atoms with van der Waals surface area (Å²) in [6.07, 6.45) is 0.478. The topological polar surface area (TPSA) is 128 Å². The number of benzene rings is 2. The van der Waals surface area contributed by atoms with Crippen LogP contribution in [0.5, 0.6) is 5.75 Å². The predicted molar refractivity (Wildman–Crippen MR) is 147 cm³/mol. The van der Waals surface area contributed by atoms with E-state index in [9.17, 15) is 41.8 Å². The first-order valence-corrected chi connectivity index (χ1v) is 13.3. The molecule has 2 aromatic carbocycles. The average molecular weight is 606 g/mol. The Balaban J connectivity index is 1.84. The molecule has 0 saturated heterocycles. The Kier molecular flexibility index (Phi) is 10.4. The zero-order valence-electron chi connectivity index (χ0n) is 23.9. The highest BCUT2D eigenvalue weighted by Gasteiger charge is 2.30. The lowest BCUT2D eigenvalue weighted by Gasteiger charge is -2.23. The van der Waals surface area contributed by atoms with Gasteiger partial charge in [0, 0.05) is 17.8 Å². The van der Waals surface area contributed by atoms with E-state index in [0.29, 0.717) is 0 Å². The third-order valence-electron chi connectivity index (χ3n) is 6.70. The number of hydrogen-bond acceptors (Lipinski definition) is 6. The van der Waals surface area contributed by atoms with Gasteiger partial charge in [-0.1, -0.05) is 52.0 Å². The molecule has 0 bridgehead atoms. The number of carbonyl (C=O) groups excluding carboxylic acids is 2. The second kappa shape index (κ2) is 13.6. The number of nitrogens with zero attached hydrogens (tertiary/aromatic N) is 2. The molecule has 0 radical (unpaired) electrons. The second-order valence-corrected chi connectivity index (χ2v) is 10.8. The summed E-state index contributed by atoms with van der Waals surface area (Å²) < 4.78 is 60.6. The minimum absolute atomic E-state index is 0.0420. The molecule has 0 unspecified atom stereocenters. The van der Waals surface area contributed by atoms with Gasteiger partial charge in [0.25, 0.3) is 5.56 Å². The van der Waals surface area contributed by atoms with Gasteiger partial charge in [-0.3, -0.25) is 19.2 Å². The molecule has 2 atom stereocenters. The summed E-state index contributed by atoms with van der Waals surface area (Å²) in [5.41, 5.74) is 1.09. The molecule has 3 rings (SSSR count). The van der Waals surface area contributed by atoms with E-state index < -0.39 is 77.2 Å². The molecule has 9 nitrogen and oxygen atoms in total. The van der Waals surface area contributed by atoms with E-state index >= 15 is 0 Å². The van der Waals surface area contributed by atoms with Gasteiger partial charge in [-0.25, -0.2) is 13.5 Å². The van der Waals surface area contributed by atoms with E-state index in [-0.39, 0.29) is 30.0 Å². The van der Waals surface area contributed by atoms with E-state index in [4.69, 9.17) is 0 Å². The van der Waals surface area contributed by atoms with Crippen LogP contribution in [0.1, 0.15) is 63.1 Å². The van der Waals surface area contributed by atoms with Crippen LogP contribution in [0, 0.1) is 23.3 Å². The van der Waals surface area contributed by atoms with Crippen molar-refractivity contribution >= 4 is 17.7 Å². The molecule has 0 fully saturated rings. The highest BCUT2D eigenvalue weighted by atomic mass is 19.2. The summed E-state index contributed by atoms with van der Waals surface area (Å²) in [7, 11) is 0. The minimum Gasteiger partial charge on any atom is -0.481 e. The standard InChI is InChI=1S/C30H31F4N3O6/c1-5-17(18-10-11-35-37(29(18)42)14-16-8-6-7-9-19(16)30(2,3)4)28(41)36-22(13-24(39)40)23(38)15-43-27-25(33)20(31)12-21(32)26(27)34/h6-12,17,22H,5,13-15H2,1-4H3,(H,36,41)(H,39,40)/t17-,22-/m0/s1. The number of aromatic nitrogens is 2. The van der Waals surface area contributed by atoms with Crippen molar-refractivity contribution in [1.29, 1.82) is 0 Å². The second-order valence-electron chi connectivity index (χ2n) is 10.8. The van der Waals surface area contributed by atoms with Crippen LogP contribution >= 0.6 is 0 Å². The first kappa shape index (κ1) is 33.0. The smallest absolute Gasteiger partial charge is 0.305 e. The van der Waals surface area contributed by atoms with E-state index in [1.807, 2.05) is 45.0 Å². The number of ketones is 1. The number of carboxylic acids is 1. The molecule has 0 aliphatic carbocycles. The number of aliphatic carboxylic acids is 1. The Hall–Kier alpha value is -4.55. The van der Waals surface area contributed by atoms with Crippen LogP contribution in [0.3, 0.4) is 0 Å². The van der Waals surface area contributed by atoms with Crippen molar-refractivity contribution < 1.29 is 41.8 Å². The van der Waals surface area contributed by atoms with Crippen LogP contribution < -0.4 is 15.6 Å². The Morgan fingerprint density at radius 2 is 1.67 bits per heavy atom. The van der Waals surface area contributed by atoms with Gasteiger partial charge in [0.2, 0.25) is 17.5 Å². The Morgan fingerprint density at radius 1 is 1.05 bits per heavy atom. The van der Waals surface area contributed by atoms with Crippen LogP contribution in [0.25, 0.3) is 0 Å². The van der Waals surface area contributed by atoms with Gasteiger partial charge in [0.05, 0.1) is 18.9 Å². The monoisotopic (exact) mass is 605 g/mol. The molecule has 0 aliphatic heterocycles. The van der Waals surface area contributed by atoms with Crippen molar-refractivity contribution in [2.45, 2.75) is 64.5 Å². The average Bonchev–Trinajstić information content (AvgIpc) is 2.93. The fraction of sp³-hybridized carbons (Fsp3) is 0.367. The summed E-state index contributed by atoms with van der Waals surface area (Å²) in [4.78, 5) is 50.9. The molecule has 230 valence electrons. The number of amides is 1. The third-order valence-corrected chi connectivity index (χ3v) is 6.70. The minimum atomic E-state index is -1.89.